The largest absolute Gasteiger partial charge is 0.396 e. The maximum absolute atomic E-state index is 8.92. The first kappa shape index (κ1) is 11.0. The number of piperidine rings is 1. The molecule has 1 fully saturated rings. The fraction of sp³-hybridized carbons (Fsp3) is 1.00. The lowest BCUT2D eigenvalue weighted by Crippen LogP contribution is -2.37. The minimum atomic E-state index is 0.337. The maximum atomic E-state index is 8.92. The Kier molecular flexibility index (Phi) is 5.35. The lowest BCUT2D eigenvalue weighted by molar-refractivity contribution is 0.177. The van der Waals surface area contributed by atoms with Crippen LogP contribution in [0.25, 0.3) is 0 Å². The molecule has 2 unspecified atom stereocenters. The van der Waals surface area contributed by atoms with Crippen LogP contribution in [0.1, 0.15) is 25.7 Å². The summed E-state index contributed by atoms with van der Waals surface area (Å²) in [5, 5.41) is 12.3. The van der Waals surface area contributed by atoms with Crippen molar-refractivity contribution in [2.24, 2.45) is 17.6 Å². The van der Waals surface area contributed by atoms with E-state index < -0.39 is 0 Å². The summed E-state index contributed by atoms with van der Waals surface area (Å²) in [5.74, 6) is 1.46. The molecule has 0 aliphatic carbocycles. The Morgan fingerprint density at radius 2 is 2.15 bits per heavy atom. The Hall–Kier alpha value is -0.120. The average Bonchev–Trinajstić information content (AvgIpc) is 2.17. The molecule has 1 heterocycles. The molecule has 0 aromatic rings. The Labute approximate surface area is 80.7 Å². The highest BCUT2D eigenvalue weighted by Crippen LogP contribution is 2.25. The molecule has 0 amide bonds. The number of hydrogen-bond donors (Lipinski definition) is 3. The lowest BCUT2D eigenvalue weighted by Gasteiger charge is -2.31. The van der Waals surface area contributed by atoms with Gasteiger partial charge in [-0.15, -0.1) is 0 Å². The van der Waals surface area contributed by atoms with Gasteiger partial charge in [0.2, 0.25) is 0 Å². The summed E-state index contributed by atoms with van der Waals surface area (Å²) in [4.78, 5) is 0. The van der Waals surface area contributed by atoms with Crippen molar-refractivity contribution < 1.29 is 5.11 Å². The summed E-state index contributed by atoms with van der Waals surface area (Å²) in [6, 6.07) is 0. The van der Waals surface area contributed by atoms with Gasteiger partial charge in [-0.2, -0.15) is 0 Å². The molecule has 4 N–H and O–H groups in total. The topological polar surface area (TPSA) is 58.3 Å². The van der Waals surface area contributed by atoms with Gasteiger partial charge < -0.3 is 16.2 Å². The van der Waals surface area contributed by atoms with Crippen LogP contribution in [-0.4, -0.2) is 31.3 Å². The fourth-order valence-electron chi connectivity index (χ4n) is 2.24. The minimum Gasteiger partial charge on any atom is -0.396 e. The van der Waals surface area contributed by atoms with E-state index in [0.717, 1.165) is 44.3 Å². The van der Waals surface area contributed by atoms with Crippen molar-refractivity contribution in [2.75, 3.05) is 26.2 Å². The van der Waals surface area contributed by atoms with Crippen LogP contribution in [0, 0.1) is 11.8 Å². The Morgan fingerprint density at radius 3 is 2.85 bits per heavy atom. The van der Waals surface area contributed by atoms with Gasteiger partial charge >= 0.3 is 0 Å². The monoisotopic (exact) mass is 186 g/mol. The van der Waals surface area contributed by atoms with Gasteiger partial charge in [-0.3, -0.25) is 0 Å². The van der Waals surface area contributed by atoms with Gasteiger partial charge in [0.25, 0.3) is 0 Å². The fourth-order valence-corrected chi connectivity index (χ4v) is 2.24. The second kappa shape index (κ2) is 6.35. The van der Waals surface area contributed by atoms with E-state index in [1.165, 1.54) is 12.8 Å². The van der Waals surface area contributed by atoms with Crippen LogP contribution in [0.3, 0.4) is 0 Å². The second-order valence-electron chi connectivity index (χ2n) is 3.96. The number of hydrogen-bond acceptors (Lipinski definition) is 3. The molecule has 0 bridgehead atoms. The van der Waals surface area contributed by atoms with Crippen molar-refractivity contribution in [3.8, 4) is 0 Å². The molecule has 2 atom stereocenters. The number of nitrogens with two attached hydrogens (primary N) is 1. The molecule has 1 saturated heterocycles. The first-order valence-electron chi connectivity index (χ1n) is 5.40. The lowest BCUT2D eigenvalue weighted by atomic mass is 9.81. The molecule has 0 aromatic carbocycles. The third-order valence-corrected chi connectivity index (χ3v) is 3.04. The van der Waals surface area contributed by atoms with Crippen LogP contribution in [0.2, 0.25) is 0 Å². The Bertz CT molecular complexity index is 128. The van der Waals surface area contributed by atoms with E-state index in [9.17, 15) is 0 Å². The molecular formula is C10H22N2O. The van der Waals surface area contributed by atoms with Crippen molar-refractivity contribution >= 4 is 0 Å². The summed E-state index contributed by atoms with van der Waals surface area (Å²) >= 11 is 0. The molecule has 0 aromatic heterocycles. The van der Waals surface area contributed by atoms with E-state index >= 15 is 0 Å². The van der Waals surface area contributed by atoms with Crippen LogP contribution in [0.4, 0.5) is 0 Å². The third kappa shape index (κ3) is 3.63. The van der Waals surface area contributed by atoms with E-state index in [-0.39, 0.29) is 0 Å². The standard InChI is InChI=1S/C10H22N2O/c11-5-1-2-10-8-12-6-3-9(10)4-7-13/h9-10,12-13H,1-8,11H2. The number of rotatable bonds is 5. The molecule has 78 valence electrons. The van der Waals surface area contributed by atoms with E-state index in [1.807, 2.05) is 0 Å². The number of nitrogens with one attached hydrogen (secondary N) is 1. The normalized spacial score (nSPS) is 29.1. The SMILES string of the molecule is NCCCC1CNCCC1CCO. The number of aliphatic hydroxyl groups excluding tert-OH is 1. The maximum Gasteiger partial charge on any atom is 0.0433 e. The van der Waals surface area contributed by atoms with Crippen molar-refractivity contribution in [3.05, 3.63) is 0 Å². The van der Waals surface area contributed by atoms with Crippen molar-refractivity contribution in [2.45, 2.75) is 25.7 Å². The average molecular weight is 186 g/mol. The minimum absolute atomic E-state index is 0.337. The molecule has 1 rings (SSSR count). The first-order valence-corrected chi connectivity index (χ1v) is 5.40. The predicted molar refractivity (Wildman–Crippen MR) is 54.5 cm³/mol. The van der Waals surface area contributed by atoms with E-state index in [4.69, 9.17) is 10.8 Å². The molecular weight excluding hydrogens is 164 g/mol. The first-order chi connectivity index (χ1) is 6.38. The van der Waals surface area contributed by atoms with Gasteiger partial charge in [0.15, 0.2) is 0 Å². The molecule has 13 heavy (non-hydrogen) atoms. The summed E-state index contributed by atoms with van der Waals surface area (Å²) in [7, 11) is 0. The van der Waals surface area contributed by atoms with Crippen LogP contribution in [0.15, 0.2) is 0 Å². The van der Waals surface area contributed by atoms with Gasteiger partial charge in [-0.05, 0) is 57.2 Å². The van der Waals surface area contributed by atoms with Gasteiger partial charge in [-0.1, -0.05) is 0 Å². The van der Waals surface area contributed by atoms with Gasteiger partial charge in [0, 0.05) is 6.61 Å². The molecule has 3 heteroatoms. The Balaban J connectivity index is 2.28. The van der Waals surface area contributed by atoms with Crippen LogP contribution in [-0.2, 0) is 0 Å². The van der Waals surface area contributed by atoms with E-state index in [2.05, 4.69) is 5.32 Å². The molecule has 3 nitrogen and oxygen atoms in total. The highest BCUT2D eigenvalue weighted by molar-refractivity contribution is 4.77. The molecule has 1 aliphatic heterocycles. The van der Waals surface area contributed by atoms with Gasteiger partial charge in [0.1, 0.15) is 0 Å². The molecule has 0 spiro atoms. The molecule has 0 saturated carbocycles. The third-order valence-electron chi connectivity index (χ3n) is 3.04. The quantitative estimate of drug-likeness (QED) is 0.580. The summed E-state index contributed by atoms with van der Waals surface area (Å²) < 4.78 is 0. The Morgan fingerprint density at radius 1 is 1.31 bits per heavy atom. The highest BCUT2D eigenvalue weighted by atomic mass is 16.3. The zero-order valence-corrected chi connectivity index (χ0v) is 8.34. The van der Waals surface area contributed by atoms with Crippen molar-refractivity contribution in [3.63, 3.8) is 0 Å². The summed E-state index contributed by atoms with van der Waals surface area (Å²) in [6.45, 7) is 3.36. The van der Waals surface area contributed by atoms with E-state index in [1.54, 1.807) is 0 Å². The summed E-state index contributed by atoms with van der Waals surface area (Å²) in [5.41, 5.74) is 5.50. The van der Waals surface area contributed by atoms with Gasteiger partial charge in [-0.25, -0.2) is 0 Å². The zero-order valence-electron chi connectivity index (χ0n) is 8.34. The van der Waals surface area contributed by atoms with Crippen LogP contribution < -0.4 is 11.1 Å². The van der Waals surface area contributed by atoms with Gasteiger partial charge in [0.05, 0.1) is 0 Å². The molecule has 1 aliphatic rings. The predicted octanol–water partition coefficient (Wildman–Crippen LogP) is 0.333. The number of aliphatic hydroxyl groups is 1. The van der Waals surface area contributed by atoms with Crippen LogP contribution in [0.5, 0.6) is 0 Å². The van der Waals surface area contributed by atoms with Crippen molar-refractivity contribution in [1.29, 1.82) is 0 Å². The highest BCUT2D eigenvalue weighted by Gasteiger charge is 2.23. The van der Waals surface area contributed by atoms with E-state index in [0.29, 0.717) is 6.61 Å². The molecule has 0 radical (unpaired) electrons. The second-order valence-corrected chi connectivity index (χ2v) is 3.96. The zero-order chi connectivity index (χ0) is 9.52. The smallest absolute Gasteiger partial charge is 0.0433 e. The van der Waals surface area contributed by atoms with Crippen LogP contribution >= 0.6 is 0 Å². The van der Waals surface area contributed by atoms with Crippen molar-refractivity contribution in [1.82, 2.24) is 5.32 Å². The summed E-state index contributed by atoms with van der Waals surface area (Å²) in [6.07, 6.45) is 4.52.